The number of thiocarbonyl (C=S) groups is 1. The molecule has 0 spiro atoms. The number of rotatable bonds is 5. The summed E-state index contributed by atoms with van der Waals surface area (Å²) < 4.78 is 25.0. The van der Waals surface area contributed by atoms with Gasteiger partial charge in [-0.2, -0.15) is 8.42 Å². The molecule has 0 atom stereocenters. The minimum atomic E-state index is -3.91. The lowest BCUT2D eigenvalue weighted by Gasteiger charge is -2.13. The van der Waals surface area contributed by atoms with E-state index >= 15 is 0 Å². The molecule has 0 amide bonds. The number of nitrogens with one attached hydrogen (secondary N) is 1. The standard InChI is InChI=1S/C11H9ClN4O2S2/c12-16(11-13-6-1-7-14-11)20(17,18)10-4-2-9(3-5-10)15-8-19/h1-8H,(H,15,19). The highest BCUT2D eigenvalue weighted by Crippen LogP contribution is 2.23. The van der Waals surface area contributed by atoms with Crippen molar-refractivity contribution in [3.8, 4) is 0 Å². The van der Waals surface area contributed by atoms with E-state index in [1.807, 2.05) is 0 Å². The van der Waals surface area contributed by atoms with Gasteiger partial charge in [-0.1, -0.05) is 12.2 Å². The number of benzene rings is 1. The fraction of sp³-hybridized carbons (Fsp3) is 0. The topological polar surface area (TPSA) is 75.2 Å². The fourth-order valence-electron chi connectivity index (χ4n) is 1.37. The lowest BCUT2D eigenvalue weighted by Crippen LogP contribution is -2.23. The summed E-state index contributed by atoms with van der Waals surface area (Å²) >= 11 is 10.5. The zero-order chi connectivity index (χ0) is 14.6. The van der Waals surface area contributed by atoms with Crippen molar-refractivity contribution in [2.24, 2.45) is 0 Å². The molecule has 2 aromatic rings. The van der Waals surface area contributed by atoms with E-state index in [-0.39, 0.29) is 10.8 Å². The Morgan fingerprint density at radius 3 is 2.35 bits per heavy atom. The smallest absolute Gasteiger partial charge is 0.280 e. The van der Waals surface area contributed by atoms with Crippen molar-refractivity contribution in [3.63, 3.8) is 0 Å². The number of aromatic nitrogens is 2. The summed E-state index contributed by atoms with van der Waals surface area (Å²) in [7, 11) is -3.91. The molecule has 0 radical (unpaired) electrons. The highest BCUT2D eigenvalue weighted by Gasteiger charge is 2.25. The Hall–Kier alpha value is -1.77. The largest absolute Gasteiger partial charge is 0.353 e. The van der Waals surface area contributed by atoms with E-state index in [1.165, 1.54) is 30.0 Å². The van der Waals surface area contributed by atoms with E-state index in [1.54, 1.807) is 18.2 Å². The van der Waals surface area contributed by atoms with Crippen LogP contribution in [0.25, 0.3) is 0 Å². The summed E-state index contributed by atoms with van der Waals surface area (Å²) in [6.07, 6.45) is 2.80. The monoisotopic (exact) mass is 328 g/mol. The molecule has 0 unspecified atom stereocenters. The molecule has 20 heavy (non-hydrogen) atoms. The van der Waals surface area contributed by atoms with Gasteiger partial charge >= 0.3 is 0 Å². The van der Waals surface area contributed by atoms with E-state index in [2.05, 4.69) is 27.5 Å². The second-order valence-corrected chi connectivity index (χ2v) is 6.12. The SMILES string of the molecule is O=S(=O)(c1ccc(NC=S)cc1)N(Cl)c1ncccn1. The minimum Gasteiger partial charge on any atom is -0.353 e. The lowest BCUT2D eigenvalue weighted by molar-refractivity contribution is 0.597. The quantitative estimate of drug-likeness (QED) is 0.670. The van der Waals surface area contributed by atoms with Crippen LogP contribution in [0.4, 0.5) is 11.6 Å². The van der Waals surface area contributed by atoms with Crippen LogP contribution in [0, 0.1) is 0 Å². The zero-order valence-electron chi connectivity index (χ0n) is 9.97. The van der Waals surface area contributed by atoms with Crippen LogP contribution >= 0.6 is 24.0 Å². The van der Waals surface area contributed by atoms with Crippen LogP contribution in [-0.2, 0) is 10.0 Å². The summed E-state index contributed by atoms with van der Waals surface area (Å²) in [6, 6.07) is 7.54. The highest BCUT2D eigenvalue weighted by atomic mass is 35.5. The van der Waals surface area contributed by atoms with Crippen LogP contribution in [0.3, 0.4) is 0 Å². The summed E-state index contributed by atoms with van der Waals surface area (Å²) in [5.41, 5.74) is 2.01. The zero-order valence-corrected chi connectivity index (χ0v) is 12.4. The summed E-state index contributed by atoms with van der Waals surface area (Å²) in [5, 5.41) is 2.77. The summed E-state index contributed by atoms with van der Waals surface area (Å²) in [4.78, 5) is 7.60. The molecule has 0 aliphatic carbocycles. The van der Waals surface area contributed by atoms with Gasteiger partial charge in [0.1, 0.15) is 0 Å². The molecule has 2 rings (SSSR count). The molecule has 0 fully saturated rings. The Bertz CT molecular complexity index is 692. The van der Waals surface area contributed by atoms with Gasteiger partial charge in [-0.05, 0) is 30.3 Å². The predicted molar refractivity (Wildman–Crippen MR) is 81.3 cm³/mol. The van der Waals surface area contributed by atoms with E-state index < -0.39 is 10.0 Å². The van der Waals surface area contributed by atoms with Gasteiger partial charge < -0.3 is 5.32 Å². The van der Waals surface area contributed by atoms with Crippen molar-refractivity contribution < 1.29 is 8.42 Å². The third-order valence-electron chi connectivity index (χ3n) is 2.30. The normalized spacial score (nSPS) is 10.8. The van der Waals surface area contributed by atoms with Crippen LogP contribution in [0.15, 0.2) is 47.6 Å². The highest BCUT2D eigenvalue weighted by molar-refractivity contribution is 7.94. The van der Waals surface area contributed by atoms with Crippen molar-refractivity contribution >= 4 is 51.1 Å². The van der Waals surface area contributed by atoms with Gasteiger partial charge in [-0.3, -0.25) is 0 Å². The van der Waals surface area contributed by atoms with Gasteiger partial charge in [0.15, 0.2) is 0 Å². The van der Waals surface area contributed by atoms with Crippen LogP contribution in [0.2, 0.25) is 0 Å². The van der Waals surface area contributed by atoms with Gasteiger partial charge in [0, 0.05) is 29.9 Å². The van der Waals surface area contributed by atoms with Gasteiger partial charge in [0.05, 0.1) is 10.4 Å². The average molecular weight is 329 g/mol. The van der Waals surface area contributed by atoms with E-state index in [9.17, 15) is 8.42 Å². The number of hydrogen-bond acceptors (Lipinski definition) is 5. The number of nitrogens with zero attached hydrogens (tertiary/aromatic N) is 3. The first-order chi connectivity index (χ1) is 9.55. The van der Waals surface area contributed by atoms with Gasteiger partial charge in [-0.25, -0.2) is 9.97 Å². The van der Waals surface area contributed by atoms with E-state index in [0.29, 0.717) is 9.51 Å². The predicted octanol–water partition coefficient (Wildman–Crippen LogP) is 2.19. The maximum absolute atomic E-state index is 12.3. The van der Waals surface area contributed by atoms with Crippen molar-refractivity contribution in [1.29, 1.82) is 0 Å². The summed E-state index contributed by atoms with van der Waals surface area (Å²) in [6.45, 7) is 0. The van der Waals surface area contributed by atoms with Gasteiger partial charge in [-0.15, -0.1) is 3.82 Å². The molecule has 0 saturated carbocycles. The molecule has 0 bridgehead atoms. The third kappa shape index (κ3) is 3.03. The lowest BCUT2D eigenvalue weighted by atomic mass is 10.3. The second kappa shape index (κ2) is 6.12. The Balaban J connectivity index is 2.32. The Labute approximate surface area is 126 Å². The van der Waals surface area contributed by atoms with Gasteiger partial charge in [0.25, 0.3) is 16.0 Å². The molecule has 104 valence electrons. The molecule has 1 aromatic heterocycles. The fourth-order valence-corrected chi connectivity index (χ4v) is 2.81. The molecule has 1 heterocycles. The van der Waals surface area contributed by atoms with Crippen molar-refractivity contribution in [2.75, 3.05) is 9.14 Å². The van der Waals surface area contributed by atoms with E-state index in [0.717, 1.165) is 0 Å². The first kappa shape index (κ1) is 14.6. The van der Waals surface area contributed by atoms with Gasteiger partial charge in [0.2, 0.25) is 0 Å². The summed E-state index contributed by atoms with van der Waals surface area (Å²) in [5.74, 6) is -0.116. The van der Waals surface area contributed by atoms with Crippen molar-refractivity contribution in [1.82, 2.24) is 9.97 Å². The van der Waals surface area contributed by atoms with E-state index in [4.69, 9.17) is 11.8 Å². The Kier molecular flexibility index (Phi) is 4.48. The molecule has 9 heteroatoms. The molecule has 0 aliphatic heterocycles. The first-order valence-electron chi connectivity index (χ1n) is 5.34. The number of hydrogen-bond donors (Lipinski definition) is 1. The van der Waals surface area contributed by atoms with Crippen molar-refractivity contribution in [3.05, 3.63) is 42.7 Å². The minimum absolute atomic E-state index is 0.0230. The number of halogens is 1. The molecule has 0 saturated heterocycles. The second-order valence-electron chi connectivity index (χ2n) is 3.56. The molecular formula is C11H9ClN4O2S2. The maximum Gasteiger partial charge on any atom is 0.280 e. The molecular weight excluding hydrogens is 320 g/mol. The van der Waals surface area contributed by atoms with Crippen LogP contribution in [0.1, 0.15) is 0 Å². The molecule has 6 nitrogen and oxygen atoms in total. The molecule has 1 N–H and O–H groups in total. The first-order valence-corrected chi connectivity index (χ1v) is 7.59. The Morgan fingerprint density at radius 1 is 1.20 bits per heavy atom. The number of sulfonamides is 1. The maximum atomic E-state index is 12.3. The molecule has 1 aromatic carbocycles. The van der Waals surface area contributed by atoms with Crippen LogP contribution in [-0.4, -0.2) is 23.9 Å². The Morgan fingerprint density at radius 2 is 1.80 bits per heavy atom. The third-order valence-corrected chi connectivity index (χ3v) is 4.57. The molecule has 0 aliphatic rings. The van der Waals surface area contributed by atoms with Crippen LogP contribution in [0.5, 0.6) is 0 Å². The average Bonchev–Trinajstić information content (AvgIpc) is 2.48. The number of anilines is 2. The van der Waals surface area contributed by atoms with Crippen molar-refractivity contribution in [2.45, 2.75) is 4.90 Å². The van der Waals surface area contributed by atoms with Crippen LogP contribution < -0.4 is 9.14 Å².